The van der Waals surface area contributed by atoms with Gasteiger partial charge < -0.3 is 24.4 Å². The number of carbonyl (C=O) groups excluding carboxylic acids is 2. The van der Waals surface area contributed by atoms with Crippen molar-refractivity contribution in [2.75, 3.05) is 31.7 Å². The molecule has 34 heavy (non-hydrogen) atoms. The van der Waals surface area contributed by atoms with E-state index in [1.54, 1.807) is 30.3 Å². The molecule has 0 spiro atoms. The second-order valence-electron chi connectivity index (χ2n) is 8.08. The molecule has 0 saturated heterocycles. The Kier molecular flexibility index (Phi) is 6.40. The second-order valence-corrected chi connectivity index (χ2v) is 9.00. The van der Waals surface area contributed by atoms with E-state index in [1.807, 2.05) is 35.2 Å². The highest BCUT2D eigenvalue weighted by atomic mass is 79.9. The molecule has 3 aromatic rings. The number of ether oxygens (including phenoxy) is 3. The van der Waals surface area contributed by atoms with Gasteiger partial charge >= 0.3 is 0 Å². The largest absolute Gasteiger partial charge is 0.486 e. The summed E-state index contributed by atoms with van der Waals surface area (Å²) in [7, 11) is 0. The summed E-state index contributed by atoms with van der Waals surface area (Å²) < 4.78 is 17.9. The van der Waals surface area contributed by atoms with Gasteiger partial charge in [-0.2, -0.15) is 0 Å². The first-order valence-corrected chi connectivity index (χ1v) is 11.8. The van der Waals surface area contributed by atoms with E-state index in [9.17, 15) is 9.59 Å². The number of nitrogens with zero attached hydrogens (tertiary/aromatic N) is 1. The fourth-order valence-electron chi connectivity index (χ4n) is 4.10. The van der Waals surface area contributed by atoms with Gasteiger partial charge in [-0.1, -0.05) is 34.1 Å². The maximum atomic E-state index is 13.1. The van der Waals surface area contributed by atoms with Gasteiger partial charge in [0.25, 0.3) is 11.8 Å². The first-order valence-electron chi connectivity index (χ1n) is 11.0. The van der Waals surface area contributed by atoms with Crippen LogP contribution in [-0.2, 0) is 17.8 Å². The number of hydrogen-bond acceptors (Lipinski definition) is 5. The molecule has 5 rings (SSSR count). The molecule has 174 valence electrons. The Hall–Kier alpha value is -3.52. The maximum Gasteiger partial charge on any atom is 0.262 e. The summed E-state index contributed by atoms with van der Waals surface area (Å²) in [5.74, 6) is 1.50. The maximum absolute atomic E-state index is 13.1. The van der Waals surface area contributed by atoms with Crippen LogP contribution in [0, 0.1) is 0 Å². The zero-order valence-corrected chi connectivity index (χ0v) is 20.0. The van der Waals surface area contributed by atoms with Gasteiger partial charge in [-0.05, 0) is 48.4 Å². The van der Waals surface area contributed by atoms with E-state index in [1.165, 1.54) is 0 Å². The standard InChI is InChI=1S/C26H23BrN2O5/c27-18-6-4-17(5-7-18)15-29-11-10-20-21(26(29)31)2-1-3-22(20)34-16-25(30)28-19-8-9-23-24(14-19)33-13-12-32-23/h1-9,14H,10-13,15-16H2,(H,28,30). The molecule has 2 heterocycles. The van der Waals surface area contributed by atoms with Gasteiger partial charge in [-0.25, -0.2) is 0 Å². The van der Waals surface area contributed by atoms with Gasteiger partial charge in [0.05, 0.1) is 0 Å². The summed E-state index contributed by atoms with van der Waals surface area (Å²) in [4.78, 5) is 27.4. The van der Waals surface area contributed by atoms with Gasteiger partial charge in [0.2, 0.25) is 0 Å². The first kappa shape index (κ1) is 22.3. The lowest BCUT2D eigenvalue weighted by Crippen LogP contribution is -2.37. The van der Waals surface area contributed by atoms with E-state index in [-0.39, 0.29) is 18.4 Å². The summed E-state index contributed by atoms with van der Waals surface area (Å²) >= 11 is 3.44. The Morgan fingerprint density at radius 1 is 1.03 bits per heavy atom. The normalized spacial score (nSPS) is 14.4. The minimum atomic E-state index is -0.298. The van der Waals surface area contributed by atoms with Crippen LogP contribution in [0.5, 0.6) is 17.2 Å². The third-order valence-corrected chi connectivity index (χ3v) is 6.28. The Morgan fingerprint density at radius 2 is 1.82 bits per heavy atom. The second kappa shape index (κ2) is 9.77. The Morgan fingerprint density at radius 3 is 2.65 bits per heavy atom. The van der Waals surface area contributed by atoms with Crippen molar-refractivity contribution in [1.29, 1.82) is 0 Å². The van der Waals surface area contributed by atoms with Crippen molar-refractivity contribution in [2.24, 2.45) is 0 Å². The number of carbonyl (C=O) groups is 2. The van der Waals surface area contributed by atoms with E-state index in [0.717, 1.165) is 15.6 Å². The average molecular weight is 523 g/mol. The van der Waals surface area contributed by atoms with Crippen LogP contribution in [0.25, 0.3) is 0 Å². The molecular formula is C26H23BrN2O5. The van der Waals surface area contributed by atoms with Gasteiger partial charge in [0.1, 0.15) is 19.0 Å². The molecule has 1 N–H and O–H groups in total. The molecule has 0 radical (unpaired) electrons. The molecule has 2 aliphatic rings. The van der Waals surface area contributed by atoms with Crippen LogP contribution in [0.3, 0.4) is 0 Å². The lowest BCUT2D eigenvalue weighted by Gasteiger charge is -2.29. The van der Waals surface area contributed by atoms with E-state index in [4.69, 9.17) is 14.2 Å². The van der Waals surface area contributed by atoms with Crippen LogP contribution < -0.4 is 19.5 Å². The topological polar surface area (TPSA) is 77.1 Å². The molecular weight excluding hydrogens is 500 g/mol. The van der Waals surface area contributed by atoms with Crippen LogP contribution in [0.4, 0.5) is 5.69 Å². The molecule has 0 aromatic heterocycles. The van der Waals surface area contributed by atoms with E-state index in [0.29, 0.717) is 61.2 Å². The molecule has 0 bridgehead atoms. The number of anilines is 1. The number of hydrogen-bond donors (Lipinski definition) is 1. The molecule has 0 fully saturated rings. The minimum absolute atomic E-state index is 0.0321. The van der Waals surface area contributed by atoms with Gasteiger partial charge in [-0.15, -0.1) is 0 Å². The van der Waals surface area contributed by atoms with E-state index in [2.05, 4.69) is 21.2 Å². The molecule has 7 nitrogen and oxygen atoms in total. The monoisotopic (exact) mass is 522 g/mol. The molecule has 8 heteroatoms. The molecule has 2 amide bonds. The highest BCUT2D eigenvalue weighted by molar-refractivity contribution is 9.10. The Labute approximate surface area is 205 Å². The van der Waals surface area contributed by atoms with Crippen molar-refractivity contribution in [3.63, 3.8) is 0 Å². The van der Waals surface area contributed by atoms with Crippen molar-refractivity contribution in [3.8, 4) is 17.2 Å². The number of fused-ring (bicyclic) bond motifs is 2. The average Bonchev–Trinajstić information content (AvgIpc) is 2.86. The summed E-state index contributed by atoms with van der Waals surface area (Å²) in [5.41, 5.74) is 3.13. The number of nitrogens with one attached hydrogen (secondary N) is 1. The Bertz CT molecular complexity index is 1230. The summed E-state index contributed by atoms with van der Waals surface area (Å²) in [6.45, 7) is 1.96. The van der Waals surface area contributed by atoms with Crippen LogP contribution in [0.1, 0.15) is 21.5 Å². The number of benzene rings is 3. The van der Waals surface area contributed by atoms with Crippen LogP contribution in [-0.4, -0.2) is 43.1 Å². The molecule has 0 aliphatic carbocycles. The summed E-state index contributed by atoms with van der Waals surface area (Å²) in [6, 6.07) is 18.6. The van der Waals surface area contributed by atoms with Gasteiger partial charge in [0.15, 0.2) is 18.1 Å². The first-order chi connectivity index (χ1) is 16.6. The van der Waals surface area contributed by atoms with Crippen molar-refractivity contribution in [1.82, 2.24) is 4.90 Å². The highest BCUT2D eigenvalue weighted by Crippen LogP contribution is 2.33. The zero-order chi connectivity index (χ0) is 23.5. The number of amides is 2. The van der Waals surface area contributed by atoms with Crippen LogP contribution in [0.2, 0.25) is 0 Å². The van der Waals surface area contributed by atoms with E-state index >= 15 is 0 Å². The van der Waals surface area contributed by atoms with Crippen molar-refractivity contribution >= 4 is 33.4 Å². The number of rotatable bonds is 6. The quantitative estimate of drug-likeness (QED) is 0.517. The lowest BCUT2D eigenvalue weighted by atomic mass is 9.97. The molecule has 0 saturated carbocycles. The van der Waals surface area contributed by atoms with Crippen molar-refractivity contribution in [2.45, 2.75) is 13.0 Å². The molecule has 3 aromatic carbocycles. The zero-order valence-electron chi connectivity index (χ0n) is 18.4. The fraction of sp³-hybridized carbons (Fsp3) is 0.231. The summed E-state index contributed by atoms with van der Waals surface area (Å²) in [6.07, 6.45) is 0.664. The van der Waals surface area contributed by atoms with Crippen molar-refractivity contribution < 1.29 is 23.8 Å². The van der Waals surface area contributed by atoms with Gasteiger partial charge in [-0.3, -0.25) is 9.59 Å². The summed E-state index contributed by atoms with van der Waals surface area (Å²) in [5, 5.41) is 2.81. The SMILES string of the molecule is O=C(COc1cccc2c1CCN(Cc1ccc(Br)cc1)C2=O)Nc1ccc2c(c1)OCCO2. The predicted octanol–water partition coefficient (Wildman–Crippen LogP) is 4.44. The number of halogens is 1. The smallest absolute Gasteiger partial charge is 0.262 e. The highest BCUT2D eigenvalue weighted by Gasteiger charge is 2.27. The Balaban J connectivity index is 1.22. The van der Waals surface area contributed by atoms with Crippen LogP contribution >= 0.6 is 15.9 Å². The predicted molar refractivity (Wildman–Crippen MR) is 131 cm³/mol. The van der Waals surface area contributed by atoms with Crippen LogP contribution in [0.15, 0.2) is 65.1 Å². The van der Waals surface area contributed by atoms with Crippen molar-refractivity contribution in [3.05, 3.63) is 81.8 Å². The molecule has 2 aliphatic heterocycles. The third kappa shape index (κ3) is 4.87. The minimum Gasteiger partial charge on any atom is -0.486 e. The molecule has 0 atom stereocenters. The third-order valence-electron chi connectivity index (χ3n) is 5.75. The van der Waals surface area contributed by atoms with E-state index < -0.39 is 0 Å². The fourth-order valence-corrected chi connectivity index (χ4v) is 4.36. The molecule has 0 unspecified atom stereocenters. The van der Waals surface area contributed by atoms with Gasteiger partial charge in [0, 0.05) is 40.4 Å². The lowest BCUT2D eigenvalue weighted by molar-refractivity contribution is -0.118.